The predicted molar refractivity (Wildman–Crippen MR) is 113 cm³/mol. The summed E-state index contributed by atoms with van der Waals surface area (Å²) >= 11 is 3.40. The fourth-order valence-electron chi connectivity index (χ4n) is 2.87. The third-order valence-corrected chi connectivity index (χ3v) is 6.54. The lowest BCUT2D eigenvalue weighted by atomic mass is 10.1. The van der Waals surface area contributed by atoms with Crippen molar-refractivity contribution < 1.29 is 23.1 Å². The van der Waals surface area contributed by atoms with E-state index in [0.717, 1.165) is 9.54 Å². The number of carboxylic acid groups (broad SMARTS) is 1. The predicted octanol–water partition coefficient (Wildman–Crippen LogP) is 3.51. The number of hydrogen-bond acceptors (Lipinski definition) is 4. The summed E-state index contributed by atoms with van der Waals surface area (Å²) in [5.41, 5.74) is 1.27. The summed E-state index contributed by atoms with van der Waals surface area (Å²) in [6, 6.07) is 11.5. The van der Waals surface area contributed by atoms with E-state index in [0.29, 0.717) is 20.9 Å². The van der Waals surface area contributed by atoms with E-state index in [1.807, 2.05) is 6.92 Å². The number of hydrogen-bond donors (Lipinski definition) is 2. The summed E-state index contributed by atoms with van der Waals surface area (Å²) in [5.74, 6) is -1.89. The Balaban J connectivity index is 2.29. The van der Waals surface area contributed by atoms with Gasteiger partial charge in [-0.15, -0.1) is 0 Å². The molecule has 0 radical (unpaired) electrons. The fraction of sp³-hybridized carbons (Fsp3) is 0.100. The van der Waals surface area contributed by atoms with Crippen LogP contribution in [0.15, 0.2) is 63.7 Å². The highest BCUT2D eigenvalue weighted by atomic mass is 79.9. The zero-order chi connectivity index (χ0) is 21.3. The lowest BCUT2D eigenvalue weighted by Crippen LogP contribution is -2.24. The summed E-state index contributed by atoms with van der Waals surface area (Å²) in [6.07, 6.45) is 2.58. The molecule has 3 rings (SSSR count). The molecule has 0 aliphatic carbocycles. The van der Waals surface area contributed by atoms with Gasteiger partial charge in [0.2, 0.25) is 5.91 Å². The molecule has 0 saturated carbocycles. The fourth-order valence-corrected chi connectivity index (χ4v) is 4.83. The van der Waals surface area contributed by atoms with Gasteiger partial charge in [-0.05, 0) is 37.3 Å². The van der Waals surface area contributed by atoms with Crippen molar-refractivity contribution in [1.82, 2.24) is 9.29 Å². The van der Waals surface area contributed by atoms with E-state index < -0.39 is 21.9 Å². The number of aryl methyl sites for hydroxylation is 1. The number of nitrogens with zero attached hydrogens (tertiary/aromatic N) is 1. The zero-order valence-electron chi connectivity index (χ0n) is 15.5. The molecule has 0 saturated heterocycles. The molecule has 1 aromatic heterocycles. The minimum absolute atomic E-state index is 0.107. The number of nitrogens with one attached hydrogen (secondary N) is 1. The van der Waals surface area contributed by atoms with Crippen LogP contribution in [0, 0.1) is 6.92 Å². The average Bonchev–Trinajstić information content (AvgIpc) is 3.02. The molecule has 1 heterocycles. The second-order valence-corrected chi connectivity index (χ2v) is 9.05. The molecule has 29 heavy (non-hydrogen) atoms. The summed E-state index contributed by atoms with van der Waals surface area (Å²) < 4.78 is 28.1. The Morgan fingerprint density at radius 3 is 2.38 bits per heavy atom. The Labute approximate surface area is 175 Å². The molecule has 0 bridgehead atoms. The van der Waals surface area contributed by atoms with Crippen LogP contribution in [-0.4, -0.2) is 29.4 Å². The summed E-state index contributed by atoms with van der Waals surface area (Å²) in [7, 11) is -3.93. The molecular formula is C20H17BrN2O5S. The first-order chi connectivity index (χ1) is 13.6. The molecule has 2 N–H and O–H groups in total. The Kier molecular flexibility index (Phi) is 5.63. The van der Waals surface area contributed by atoms with E-state index in [1.165, 1.54) is 31.3 Å². The number of carbonyl (C=O) groups excluding carboxylic acids is 1. The maximum absolute atomic E-state index is 13.2. The van der Waals surface area contributed by atoms with Crippen molar-refractivity contribution in [3.63, 3.8) is 0 Å². The monoisotopic (exact) mass is 476 g/mol. The van der Waals surface area contributed by atoms with E-state index in [1.54, 1.807) is 30.3 Å². The number of carboxylic acids is 1. The quantitative estimate of drug-likeness (QED) is 0.548. The second-order valence-electron chi connectivity index (χ2n) is 6.38. The Hall–Kier alpha value is -2.91. The van der Waals surface area contributed by atoms with Gasteiger partial charge in [0, 0.05) is 28.5 Å². The third kappa shape index (κ3) is 4.10. The van der Waals surface area contributed by atoms with Crippen LogP contribution >= 0.6 is 15.9 Å². The second kappa shape index (κ2) is 7.84. The largest absolute Gasteiger partial charge is 0.477 e. The van der Waals surface area contributed by atoms with Gasteiger partial charge < -0.3 is 10.4 Å². The number of aliphatic carboxylic acids is 1. The molecule has 2 aromatic carbocycles. The Bertz CT molecular complexity index is 1260. The van der Waals surface area contributed by atoms with Gasteiger partial charge in [-0.3, -0.25) is 4.79 Å². The van der Waals surface area contributed by atoms with Gasteiger partial charge in [-0.2, -0.15) is 0 Å². The van der Waals surface area contributed by atoms with Crippen molar-refractivity contribution in [1.29, 1.82) is 0 Å². The number of benzene rings is 2. The molecule has 9 heteroatoms. The molecule has 0 aliphatic rings. The minimum Gasteiger partial charge on any atom is -0.477 e. The van der Waals surface area contributed by atoms with Crippen molar-refractivity contribution in [3.8, 4) is 0 Å². The van der Waals surface area contributed by atoms with Crippen LogP contribution < -0.4 is 5.32 Å². The van der Waals surface area contributed by atoms with Gasteiger partial charge in [0.1, 0.15) is 5.70 Å². The van der Waals surface area contributed by atoms with Gasteiger partial charge in [0.25, 0.3) is 10.0 Å². The van der Waals surface area contributed by atoms with Gasteiger partial charge in [-0.1, -0.05) is 39.7 Å². The number of halogens is 1. The van der Waals surface area contributed by atoms with Crippen LogP contribution in [0.4, 0.5) is 0 Å². The number of fused-ring (bicyclic) bond motifs is 1. The molecule has 0 atom stereocenters. The van der Waals surface area contributed by atoms with E-state index in [9.17, 15) is 23.1 Å². The zero-order valence-corrected chi connectivity index (χ0v) is 17.9. The molecule has 0 unspecified atom stereocenters. The number of aromatic nitrogens is 1. The molecule has 1 amide bonds. The average molecular weight is 477 g/mol. The standard InChI is InChI=1S/C20H17BrN2O5S/c1-12-6-8-15(9-7-12)29(27,28)23-11-14(10-17(20(25)26)22-13(2)24)19-16(21)4-3-5-18(19)23/h3-11H,1-2H3,(H,22,24)(H,25,26)/b17-10-. The third-order valence-electron chi connectivity index (χ3n) is 4.19. The van der Waals surface area contributed by atoms with E-state index in [-0.39, 0.29) is 10.6 Å². The van der Waals surface area contributed by atoms with Gasteiger partial charge in [-0.25, -0.2) is 17.2 Å². The smallest absolute Gasteiger partial charge is 0.352 e. The van der Waals surface area contributed by atoms with Crippen LogP contribution in [0.1, 0.15) is 18.1 Å². The first-order valence-electron chi connectivity index (χ1n) is 8.45. The van der Waals surface area contributed by atoms with Crippen LogP contribution in [0.25, 0.3) is 17.0 Å². The molecule has 3 aromatic rings. The van der Waals surface area contributed by atoms with E-state index in [2.05, 4.69) is 21.2 Å². The van der Waals surface area contributed by atoms with Crippen molar-refractivity contribution in [2.45, 2.75) is 18.7 Å². The highest BCUT2D eigenvalue weighted by Crippen LogP contribution is 2.32. The highest BCUT2D eigenvalue weighted by molar-refractivity contribution is 9.10. The number of amides is 1. The van der Waals surface area contributed by atoms with Gasteiger partial charge >= 0.3 is 5.97 Å². The molecule has 0 fully saturated rings. The van der Waals surface area contributed by atoms with Crippen molar-refractivity contribution >= 4 is 54.8 Å². The van der Waals surface area contributed by atoms with Gasteiger partial charge in [0.05, 0.1) is 10.4 Å². The van der Waals surface area contributed by atoms with E-state index in [4.69, 9.17) is 0 Å². The summed E-state index contributed by atoms with van der Waals surface area (Å²) in [6.45, 7) is 3.05. The van der Waals surface area contributed by atoms with Crippen molar-refractivity contribution in [2.75, 3.05) is 0 Å². The maximum Gasteiger partial charge on any atom is 0.352 e. The first-order valence-corrected chi connectivity index (χ1v) is 10.7. The molecule has 150 valence electrons. The van der Waals surface area contributed by atoms with E-state index >= 15 is 0 Å². The molecule has 0 aliphatic heterocycles. The lowest BCUT2D eigenvalue weighted by molar-refractivity contribution is -0.134. The lowest BCUT2D eigenvalue weighted by Gasteiger charge is -2.08. The van der Waals surface area contributed by atoms with Crippen LogP contribution in [0.2, 0.25) is 0 Å². The number of rotatable bonds is 5. The SMILES string of the molecule is CC(=O)N/C(=C\c1cn(S(=O)(=O)c2ccc(C)cc2)c2cccc(Br)c12)C(=O)O. The maximum atomic E-state index is 13.2. The Morgan fingerprint density at radius 1 is 1.14 bits per heavy atom. The van der Waals surface area contributed by atoms with Gasteiger partial charge in [0.15, 0.2) is 0 Å². The van der Waals surface area contributed by atoms with Crippen molar-refractivity contribution in [3.05, 3.63) is 70.0 Å². The molecular weight excluding hydrogens is 460 g/mol. The topological polar surface area (TPSA) is 105 Å². The minimum atomic E-state index is -3.93. The molecule has 0 spiro atoms. The summed E-state index contributed by atoms with van der Waals surface area (Å²) in [4.78, 5) is 22.9. The summed E-state index contributed by atoms with van der Waals surface area (Å²) in [5, 5.41) is 12.1. The van der Waals surface area contributed by atoms with Crippen LogP contribution in [0.3, 0.4) is 0 Å². The van der Waals surface area contributed by atoms with Crippen LogP contribution in [0.5, 0.6) is 0 Å². The van der Waals surface area contributed by atoms with Crippen LogP contribution in [-0.2, 0) is 19.6 Å². The highest BCUT2D eigenvalue weighted by Gasteiger charge is 2.22. The first kappa shape index (κ1) is 20.8. The Morgan fingerprint density at radius 2 is 1.79 bits per heavy atom. The molecule has 7 nitrogen and oxygen atoms in total. The van der Waals surface area contributed by atoms with Crippen molar-refractivity contribution in [2.24, 2.45) is 0 Å². The number of carbonyl (C=O) groups is 2. The normalized spacial score (nSPS) is 12.2.